The lowest BCUT2D eigenvalue weighted by Gasteiger charge is -2.43. The van der Waals surface area contributed by atoms with Crippen LogP contribution in [-0.2, 0) is 11.3 Å². The van der Waals surface area contributed by atoms with Gasteiger partial charge in [-0.1, -0.05) is 68.2 Å². The monoisotopic (exact) mass is 342 g/mol. The van der Waals surface area contributed by atoms with E-state index < -0.39 is 0 Å². The van der Waals surface area contributed by atoms with Gasteiger partial charge in [-0.2, -0.15) is 0 Å². The van der Waals surface area contributed by atoms with Gasteiger partial charge in [-0.3, -0.25) is 0 Å². The summed E-state index contributed by atoms with van der Waals surface area (Å²) in [5.41, 5.74) is 2.82. The summed E-state index contributed by atoms with van der Waals surface area (Å²) >= 11 is 2.22. The maximum atomic E-state index is 6.79. The van der Waals surface area contributed by atoms with Crippen molar-refractivity contribution in [3.05, 3.63) is 48.0 Å². The summed E-state index contributed by atoms with van der Waals surface area (Å²) in [6, 6.07) is 10.7. The molecule has 0 heterocycles. The summed E-state index contributed by atoms with van der Waals surface area (Å²) in [7, 11) is 0. The Hall–Kier alpha value is -0.730. The highest BCUT2D eigenvalue weighted by Crippen LogP contribution is 2.56. The highest BCUT2D eigenvalue weighted by Gasteiger charge is 2.54. The second-order valence-electron chi connectivity index (χ2n) is 7.96. The molecular weight excluding hydrogens is 312 g/mol. The zero-order valence-corrected chi connectivity index (χ0v) is 15.5. The Kier molecular flexibility index (Phi) is 5.05. The Balaban J connectivity index is 1.54. The summed E-state index contributed by atoms with van der Waals surface area (Å²) < 4.78 is 6.79. The minimum absolute atomic E-state index is 0.0540. The van der Waals surface area contributed by atoms with Crippen LogP contribution < -0.4 is 0 Å². The number of hydrogen-bond acceptors (Lipinski definition) is 2. The highest BCUT2D eigenvalue weighted by molar-refractivity contribution is 8.00. The minimum Gasteiger partial charge on any atom is -0.369 e. The standard InChI is InChI=1S/C22H30OS/c1-17-15-19-11-7-8-14-22(19,21(17)24-20-12-5-6-13-20)23-16-18-9-3-2-4-10-18/h2-4,9-10,19-21H,1,5-8,11-16H2/t19-,21+,22+/m0/s1. The molecule has 0 spiro atoms. The zero-order chi connectivity index (χ0) is 16.4. The number of ether oxygens (including phenoxy) is 1. The van der Waals surface area contributed by atoms with E-state index in [4.69, 9.17) is 4.74 Å². The lowest BCUT2D eigenvalue weighted by molar-refractivity contribution is -0.0981. The smallest absolute Gasteiger partial charge is 0.0873 e. The number of benzene rings is 1. The van der Waals surface area contributed by atoms with Crippen LogP contribution in [0.4, 0.5) is 0 Å². The molecule has 3 atom stereocenters. The molecule has 0 radical (unpaired) electrons. The Labute approximate surface area is 151 Å². The molecule has 3 aliphatic rings. The van der Waals surface area contributed by atoms with E-state index in [0.717, 1.165) is 11.9 Å². The lowest BCUT2D eigenvalue weighted by atomic mass is 9.77. The molecule has 0 N–H and O–H groups in total. The van der Waals surface area contributed by atoms with Crippen molar-refractivity contribution in [3.63, 3.8) is 0 Å². The fraction of sp³-hybridized carbons (Fsp3) is 0.636. The second-order valence-corrected chi connectivity index (χ2v) is 9.37. The van der Waals surface area contributed by atoms with Crippen LogP contribution in [0.1, 0.15) is 63.4 Å². The number of hydrogen-bond donors (Lipinski definition) is 0. The maximum absolute atomic E-state index is 6.79. The van der Waals surface area contributed by atoms with Crippen molar-refractivity contribution >= 4 is 11.8 Å². The van der Waals surface area contributed by atoms with Crippen molar-refractivity contribution in [3.8, 4) is 0 Å². The molecule has 130 valence electrons. The van der Waals surface area contributed by atoms with E-state index in [1.54, 1.807) is 0 Å². The minimum atomic E-state index is 0.0540. The quantitative estimate of drug-likeness (QED) is 0.595. The van der Waals surface area contributed by atoms with Crippen LogP contribution >= 0.6 is 11.8 Å². The molecule has 0 amide bonds. The second kappa shape index (κ2) is 7.25. The summed E-state index contributed by atoms with van der Waals surface area (Å²) in [4.78, 5) is 0. The van der Waals surface area contributed by atoms with Gasteiger partial charge in [0, 0.05) is 5.25 Å². The number of fused-ring (bicyclic) bond motifs is 1. The summed E-state index contributed by atoms with van der Waals surface area (Å²) in [6.45, 7) is 5.26. The molecule has 0 bridgehead atoms. The molecule has 4 rings (SSSR count). The van der Waals surface area contributed by atoms with Gasteiger partial charge in [-0.25, -0.2) is 0 Å². The summed E-state index contributed by atoms with van der Waals surface area (Å²) in [6.07, 6.45) is 12.1. The highest BCUT2D eigenvalue weighted by atomic mass is 32.2. The fourth-order valence-corrected chi connectivity index (χ4v) is 7.00. The van der Waals surface area contributed by atoms with E-state index >= 15 is 0 Å². The predicted molar refractivity (Wildman–Crippen MR) is 103 cm³/mol. The van der Waals surface area contributed by atoms with Gasteiger partial charge >= 0.3 is 0 Å². The van der Waals surface area contributed by atoms with Gasteiger partial charge in [0.1, 0.15) is 0 Å². The van der Waals surface area contributed by atoms with Crippen molar-refractivity contribution < 1.29 is 4.74 Å². The third-order valence-electron chi connectivity index (χ3n) is 6.37. The molecule has 0 aliphatic heterocycles. The van der Waals surface area contributed by atoms with Crippen molar-refractivity contribution in [1.82, 2.24) is 0 Å². The van der Waals surface area contributed by atoms with Crippen LogP contribution in [0.2, 0.25) is 0 Å². The normalized spacial score (nSPS) is 33.8. The topological polar surface area (TPSA) is 9.23 Å². The Morgan fingerprint density at radius 1 is 1.04 bits per heavy atom. The van der Waals surface area contributed by atoms with Gasteiger partial charge < -0.3 is 4.74 Å². The van der Waals surface area contributed by atoms with Gasteiger partial charge in [0.25, 0.3) is 0 Å². The van der Waals surface area contributed by atoms with E-state index in [0.29, 0.717) is 11.2 Å². The zero-order valence-electron chi connectivity index (χ0n) is 14.7. The summed E-state index contributed by atoms with van der Waals surface area (Å²) in [5, 5.41) is 1.36. The molecule has 3 fully saturated rings. The van der Waals surface area contributed by atoms with E-state index in [2.05, 4.69) is 48.7 Å². The van der Waals surface area contributed by atoms with E-state index in [-0.39, 0.29) is 5.60 Å². The number of thioether (sulfide) groups is 1. The van der Waals surface area contributed by atoms with Crippen LogP contribution in [0.5, 0.6) is 0 Å². The molecular formula is C22H30OS. The molecule has 1 nitrogen and oxygen atoms in total. The lowest BCUT2D eigenvalue weighted by Crippen LogP contribution is -2.47. The van der Waals surface area contributed by atoms with Gasteiger partial charge in [0.2, 0.25) is 0 Å². The van der Waals surface area contributed by atoms with E-state index in [9.17, 15) is 0 Å². The van der Waals surface area contributed by atoms with Gasteiger partial charge in [-0.15, -0.1) is 11.8 Å². The molecule has 1 aromatic rings. The van der Waals surface area contributed by atoms with Crippen molar-refractivity contribution in [2.45, 2.75) is 80.5 Å². The third-order valence-corrected chi connectivity index (χ3v) is 8.23. The SMILES string of the molecule is C=C1C[C@@H]2CCCC[C@]2(OCc2ccccc2)[C@@H]1SC1CCCC1. The van der Waals surface area contributed by atoms with Crippen LogP contribution in [0.15, 0.2) is 42.5 Å². The Bertz CT molecular complexity index is 563. The molecule has 0 unspecified atom stereocenters. The van der Waals surface area contributed by atoms with Crippen molar-refractivity contribution in [2.24, 2.45) is 5.92 Å². The van der Waals surface area contributed by atoms with E-state index in [1.807, 2.05) is 0 Å². The molecule has 0 saturated heterocycles. The molecule has 24 heavy (non-hydrogen) atoms. The molecule has 3 aliphatic carbocycles. The molecule has 3 saturated carbocycles. The Morgan fingerprint density at radius 3 is 2.58 bits per heavy atom. The van der Waals surface area contributed by atoms with Crippen LogP contribution in [0.3, 0.4) is 0 Å². The average Bonchev–Trinajstić information content (AvgIpc) is 3.22. The number of rotatable bonds is 5. The summed E-state index contributed by atoms with van der Waals surface area (Å²) in [5.74, 6) is 0.696. The van der Waals surface area contributed by atoms with Crippen molar-refractivity contribution in [1.29, 1.82) is 0 Å². The van der Waals surface area contributed by atoms with Gasteiger partial charge in [0.05, 0.1) is 17.5 Å². The van der Waals surface area contributed by atoms with Gasteiger partial charge in [-0.05, 0) is 43.6 Å². The van der Waals surface area contributed by atoms with Gasteiger partial charge in [0.15, 0.2) is 0 Å². The third kappa shape index (κ3) is 3.20. The van der Waals surface area contributed by atoms with Crippen LogP contribution in [0.25, 0.3) is 0 Å². The average molecular weight is 343 g/mol. The largest absolute Gasteiger partial charge is 0.369 e. The molecule has 1 aromatic carbocycles. The van der Waals surface area contributed by atoms with Crippen LogP contribution in [0, 0.1) is 5.92 Å². The maximum Gasteiger partial charge on any atom is 0.0873 e. The molecule has 0 aromatic heterocycles. The fourth-order valence-electron chi connectivity index (χ4n) is 5.12. The molecule has 2 heteroatoms. The van der Waals surface area contributed by atoms with E-state index in [1.165, 1.54) is 68.9 Å². The first-order chi connectivity index (χ1) is 11.8. The predicted octanol–water partition coefficient (Wildman–Crippen LogP) is 6.14. The first-order valence-electron chi connectivity index (χ1n) is 9.79. The first-order valence-corrected chi connectivity index (χ1v) is 10.7. The van der Waals surface area contributed by atoms with Crippen LogP contribution in [-0.4, -0.2) is 16.1 Å². The van der Waals surface area contributed by atoms with Crippen molar-refractivity contribution in [2.75, 3.05) is 0 Å². The Morgan fingerprint density at radius 2 is 1.79 bits per heavy atom. The first kappa shape index (κ1) is 16.7.